The third-order valence-electron chi connectivity index (χ3n) is 3.02. The Bertz CT molecular complexity index is 304. The molecule has 1 saturated heterocycles. The van der Waals surface area contributed by atoms with Crippen molar-refractivity contribution in [1.29, 1.82) is 0 Å². The summed E-state index contributed by atoms with van der Waals surface area (Å²) >= 11 is 0. The summed E-state index contributed by atoms with van der Waals surface area (Å²) in [4.78, 5) is 11.1. The van der Waals surface area contributed by atoms with Gasteiger partial charge in [0, 0.05) is 38.6 Å². The second-order valence-electron chi connectivity index (χ2n) is 4.37. The van der Waals surface area contributed by atoms with Crippen molar-refractivity contribution in [3.8, 4) is 0 Å². The molecular weight excluding hydrogens is 188 g/mol. The van der Waals surface area contributed by atoms with Crippen molar-refractivity contribution in [3.63, 3.8) is 0 Å². The number of rotatable bonds is 2. The van der Waals surface area contributed by atoms with Crippen LogP contribution in [0.1, 0.15) is 19.7 Å². The van der Waals surface area contributed by atoms with Gasteiger partial charge in [-0.3, -0.25) is 4.90 Å². The standard InChI is InChI=1S/C11H18N4/c1-11(2,10-13-4-3-5-14-10)15-8-6-12-7-9-15/h3-5,12H,6-9H2,1-2H3. The van der Waals surface area contributed by atoms with Gasteiger partial charge in [-0.2, -0.15) is 0 Å². The minimum atomic E-state index is -0.0661. The van der Waals surface area contributed by atoms with E-state index < -0.39 is 0 Å². The number of aromatic nitrogens is 2. The third kappa shape index (κ3) is 2.16. The van der Waals surface area contributed by atoms with Crippen molar-refractivity contribution in [2.45, 2.75) is 19.4 Å². The fourth-order valence-electron chi connectivity index (χ4n) is 1.98. The summed E-state index contributed by atoms with van der Waals surface area (Å²) in [6, 6.07) is 1.86. The van der Waals surface area contributed by atoms with Crippen molar-refractivity contribution in [2.24, 2.45) is 0 Å². The van der Waals surface area contributed by atoms with Crippen LogP contribution in [0.15, 0.2) is 18.5 Å². The highest BCUT2D eigenvalue weighted by Crippen LogP contribution is 2.24. The molecule has 1 aromatic heterocycles. The fourth-order valence-corrected chi connectivity index (χ4v) is 1.98. The number of piperazine rings is 1. The van der Waals surface area contributed by atoms with Crippen LogP contribution in [0.4, 0.5) is 0 Å². The first-order chi connectivity index (χ1) is 7.21. The Morgan fingerprint density at radius 1 is 1.20 bits per heavy atom. The van der Waals surface area contributed by atoms with Gasteiger partial charge in [0.1, 0.15) is 5.82 Å². The molecule has 2 heterocycles. The van der Waals surface area contributed by atoms with Crippen LogP contribution < -0.4 is 5.32 Å². The molecule has 0 atom stereocenters. The van der Waals surface area contributed by atoms with E-state index in [4.69, 9.17) is 0 Å². The summed E-state index contributed by atoms with van der Waals surface area (Å²) in [7, 11) is 0. The summed E-state index contributed by atoms with van der Waals surface area (Å²) in [5, 5.41) is 3.36. The highest BCUT2D eigenvalue weighted by atomic mass is 15.3. The van der Waals surface area contributed by atoms with Gasteiger partial charge in [0.05, 0.1) is 5.54 Å². The first-order valence-corrected chi connectivity index (χ1v) is 5.44. The van der Waals surface area contributed by atoms with E-state index in [-0.39, 0.29) is 5.54 Å². The average Bonchev–Trinajstić information content (AvgIpc) is 2.31. The molecule has 1 aromatic rings. The smallest absolute Gasteiger partial charge is 0.147 e. The van der Waals surface area contributed by atoms with Gasteiger partial charge in [0.2, 0.25) is 0 Å². The normalized spacial score (nSPS) is 19.1. The van der Waals surface area contributed by atoms with Gasteiger partial charge in [0.25, 0.3) is 0 Å². The van der Waals surface area contributed by atoms with Crippen LogP contribution >= 0.6 is 0 Å². The molecule has 4 nitrogen and oxygen atoms in total. The van der Waals surface area contributed by atoms with Gasteiger partial charge >= 0.3 is 0 Å². The molecule has 15 heavy (non-hydrogen) atoms. The molecule has 4 heteroatoms. The third-order valence-corrected chi connectivity index (χ3v) is 3.02. The molecule has 0 unspecified atom stereocenters. The van der Waals surface area contributed by atoms with Crippen molar-refractivity contribution in [3.05, 3.63) is 24.3 Å². The lowest BCUT2D eigenvalue weighted by atomic mass is 10.0. The van der Waals surface area contributed by atoms with Crippen LogP contribution in [0.25, 0.3) is 0 Å². The van der Waals surface area contributed by atoms with E-state index in [1.165, 1.54) is 0 Å². The van der Waals surface area contributed by atoms with Crippen LogP contribution in [0.3, 0.4) is 0 Å². The second kappa shape index (κ2) is 4.24. The molecule has 0 aromatic carbocycles. The minimum absolute atomic E-state index is 0.0661. The monoisotopic (exact) mass is 206 g/mol. The van der Waals surface area contributed by atoms with E-state index in [1.54, 1.807) is 0 Å². The highest BCUT2D eigenvalue weighted by molar-refractivity contribution is 5.03. The zero-order valence-corrected chi connectivity index (χ0v) is 9.40. The SMILES string of the molecule is CC(C)(c1ncccn1)N1CCNCC1. The maximum absolute atomic E-state index is 4.35. The van der Waals surface area contributed by atoms with Crippen LogP contribution in [0.2, 0.25) is 0 Å². The molecule has 0 saturated carbocycles. The number of hydrogen-bond donors (Lipinski definition) is 1. The molecule has 1 aliphatic heterocycles. The Balaban J connectivity index is 2.18. The van der Waals surface area contributed by atoms with Crippen molar-refractivity contribution in [2.75, 3.05) is 26.2 Å². The van der Waals surface area contributed by atoms with Crippen LogP contribution in [-0.2, 0) is 5.54 Å². The minimum Gasteiger partial charge on any atom is -0.314 e. The summed E-state index contributed by atoms with van der Waals surface area (Å²) < 4.78 is 0. The molecule has 2 rings (SSSR count). The predicted molar refractivity (Wildman–Crippen MR) is 59.5 cm³/mol. The Hall–Kier alpha value is -1.00. The Morgan fingerprint density at radius 3 is 2.40 bits per heavy atom. The summed E-state index contributed by atoms with van der Waals surface area (Å²) in [5.74, 6) is 0.909. The van der Waals surface area contributed by atoms with Crippen molar-refractivity contribution in [1.82, 2.24) is 20.2 Å². The summed E-state index contributed by atoms with van der Waals surface area (Å²) in [6.07, 6.45) is 3.62. The van der Waals surface area contributed by atoms with Crippen molar-refractivity contribution >= 4 is 0 Å². The van der Waals surface area contributed by atoms with E-state index in [0.717, 1.165) is 32.0 Å². The number of nitrogens with one attached hydrogen (secondary N) is 1. The van der Waals surface area contributed by atoms with Gasteiger partial charge in [-0.1, -0.05) is 0 Å². The molecule has 0 aliphatic carbocycles. The lowest BCUT2D eigenvalue weighted by molar-refractivity contribution is 0.0948. The Morgan fingerprint density at radius 2 is 1.80 bits per heavy atom. The molecule has 82 valence electrons. The van der Waals surface area contributed by atoms with E-state index in [1.807, 2.05) is 18.5 Å². The molecule has 0 bridgehead atoms. The first-order valence-electron chi connectivity index (χ1n) is 5.44. The maximum Gasteiger partial charge on any atom is 0.147 e. The lowest BCUT2D eigenvalue weighted by Crippen LogP contribution is -2.52. The van der Waals surface area contributed by atoms with Gasteiger partial charge in [-0.25, -0.2) is 9.97 Å². The first kappa shape index (κ1) is 10.5. The van der Waals surface area contributed by atoms with Gasteiger partial charge < -0.3 is 5.32 Å². The van der Waals surface area contributed by atoms with Gasteiger partial charge in [-0.15, -0.1) is 0 Å². The fraction of sp³-hybridized carbons (Fsp3) is 0.636. The quantitative estimate of drug-likeness (QED) is 0.770. The molecule has 0 spiro atoms. The Labute approximate surface area is 90.7 Å². The molecule has 0 amide bonds. The molecule has 0 radical (unpaired) electrons. The van der Waals surface area contributed by atoms with E-state index in [9.17, 15) is 0 Å². The molecule has 1 N–H and O–H groups in total. The van der Waals surface area contributed by atoms with Crippen LogP contribution in [0, 0.1) is 0 Å². The molecule has 1 fully saturated rings. The summed E-state index contributed by atoms with van der Waals surface area (Å²) in [5.41, 5.74) is -0.0661. The predicted octanol–water partition coefficient (Wildman–Crippen LogP) is 0.617. The second-order valence-corrected chi connectivity index (χ2v) is 4.37. The van der Waals surface area contributed by atoms with E-state index >= 15 is 0 Å². The van der Waals surface area contributed by atoms with Crippen LogP contribution in [-0.4, -0.2) is 41.0 Å². The zero-order valence-electron chi connectivity index (χ0n) is 9.40. The molecular formula is C11H18N4. The van der Waals surface area contributed by atoms with Gasteiger partial charge in [0.15, 0.2) is 0 Å². The van der Waals surface area contributed by atoms with E-state index in [2.05, 4.69) is 34.0 Å². The highest BCUT2D eigenvalue weighted by Gasteiger charge is 2.31. The van der Waals surface area contributed by atoms with Crippen molar-refractivity contribution < 1.29 is 0 Å². The Kier molecular flexibility index (Phi) is 2.98. The lowest BCUT2D eigenvalue weighted by Gasteiger charge is -2.39. The van der Waals surface area contributed by atoms with Crippen LogP contribution in [0.5, 0.6) is 0 Å². The largest absolute Gasteiger partial charge is 0.314 e. The maximum atomic E-state index is 4.35. The topological polar surface area (TPSA) is 41.1 Å². The summed E-state index contributed by atoms with van der Waals surface area (Å²) in [6.45, 7) is 8.60. The number of nitrogens with zero attached hydrogens (tertiary/aromatic N) is 3. The number of hydrogen-bond acceptors (Lipinski definition) is 4. The zero-order chi connectivity index (χ0) is 10.7. The van der Waals surface area contributed by atoms with E-state index in [0.29, 0.717) is 0 Å². The molecule has 1 aliphatic rings. The average molecular weight is 206 g/mol. The van der Waals surface area contributed by atoms with Gasteiger partial charge in [-0.05, 0) is 19.9 Å².